The summed E-state index contributed by atoms with van der Waals surface area (Å²) in [7, 11) is 1.66. The van der Waals surface area contributed by atoms with E-state index in [1.807, 2.05) is 42.5 Å². The molecule has 1 aliphatic heterocycles. The zero-order valence-corrected chi connectivity index (χ0v) is 12.8. The van der Waals surface area contributed by atoms with Crippen molar-refractivity contribution in [2.45, 2.75) is 18.6 Å². The van der Waals surface area contributed by atoms with Crippen LogP contribution in [0.4, 0.5) is 0 Å². The highest BCUT2D eigenvalue weighted by Crippen LogP contribution is 2.42. The van der Waals surface area contributed by atoms with Crippen molar-refractivity contribution in [3.05, 3.63) is 58.1 Å². The smallest absolute Gasteiger partial charge is 0.127 e. The maximum absolute atomic E-state index is 6.27. The van der Waals surface area contributed by atoms with Crippen LogP contribution in [0.3, 0.4) is 0 Å². The third-order valence-electron chi connectivity index (χ3n) is 3.61. The summed E-state index contributed by atoms with van der Waals surface area (Å²) in [6.07, 6.45) is 0.687. The lowest BCUT2D eigenvalue weighted by molar-refractivity contribution is 0.160. The average molecular weight is 334 g/mol. The molecule has 0 saturated heterocycles. The van der Waals surface area contributed by atoms with Gasteiger partial charge in [-0.2, -0.15) is 0 Å². The molecule has 2 atom stereocenters. The molecule has 20 heavy (non-hydrogen) atoms. The minimum absolute atomic E-state index is 0.0111. The minimum Gasteiger partial charge on any atom is -0.497 e. The number of benzene rings is 2. The Hall–Kier alpha value is -1.52. The van der Waals surface area contributed by atoms with Crippen molar-refractivity contribution in [3.63, 3.8) is 0 Å². The second-order valence-corrected chi connectivity index (χ2v) is 5.73. The Morgan fingerprint density at radius 1 is 1.20 bits per heavy atom. The molecule has 0 amide bonds. The van der Waals surface area contributed by atoms with Crippen molar-refractivity contribution in [2.24, 2.45) is 5.73 Å². The van der Waals surface area contributed by atoms with Gasteiger partial charge in [-0.05, 0) is 24.3 Å². The van der Waals surface area contributed by atoms with Gasteiger partial charge < -0.3 is 15.2 Å². The summed E-state index contributed by atoms with van der Waals surface area (Å²) in [5.74, 6) is 1.69. The molecule has 1 heterocycles. The molecule has 0 aromatic heterocycles. The fourth-order valence-corrected chi connectivity index (χ4v) is 3.04. The van der Waals surface area contributed by atoms with Gasteiger partial charge in [0.2, 0.25) is 0 Å². The maximum Gasteiger partial charge on any atom is 0.127 e. The number of fused-ring (bicyclic) bond motifs is 1. The first-order valence-corrected chi connectivity index (χ1v) is 7.33. The molecule has 0 bridgehead atoms. The van der Waals surface area contributed by atoms with E-state index in [1.165, 1.54) is 0 Å². The van der Waals surface area contributed by atoms with Gasteiger partial charge in [0.05, 0.1) is 7.11 Å². The van der Waals surface area contributed by atoms with Crippen molar-refractivity contribution >= 4 is 15.9 Å². The number of rotatable bonds is 2. The first-order chi connectivity index (χ1) is 9.69. The van der Waals surface area contributed by atoms with Crippen molar-refractivity contribution in [1.82, 2.24) is 0 Å². The number of hydrogen-bond donors (Lipinski definition) is 1. The predicted octanol–water partition coefficient (Wildman–Crippen LogP) is 3.98. The van der Waals surface area contributed by atoms with Crippen LogP contribution in [-0.4, -0.2) is 7.11 Å². The SMILES string of the molecule is COc1ccc(Br)c(C2C[C@@H](N)c3ccccc3O2)c1. The van der Waals surface area contributed by atoms with Crippen LogP contribution in [0, 0.1) is 0 Å². The Morgan fingerprint density at radius 2 is 2.00 bits per heavy atom. The number of hydrogen-bond acceptors (Lipinski definition) is 3. The summed E-state index contributed by atoms with van der Waals surface area (Å²) in [6.45, 7) is 0. The van der Waals surface area contributed by atoms with E-state index < -0.39 is 0 Å². The Bertz CT molecular complexity index is 630. The molecular formula is C16H16BrNO2. The molecule has 0 fully saturated rings. The molecule has 0 aliphatic carbocycles. The lowest BCUT2D eigenvalue weighted by Gasteiger charge is -2.31. The van der Waals surface area contributed by atoms with E-state index in [2.05, 4.69) is 15.9 Å². The van der Waals surface area contributed by atoms with Crippen molar-refractivity contribution in [3.8, 4) is 11.5 Å². The normalized spacial score (nSPS) is 20.9. The summed E-state index contributed by atoms with van der Waals surface area (Å²) in [6, 6.07) is 13.8. The standard InChI is InChI=1S/C16H16BrNO2/c1-19-10-6-7-13(17)12(8-10)16-9-14(18)11-4-2-3-5-15(11)20-16/h2-8,14,16H,9,18H2,1H3/t14-,16?/m1/s1. The monoisotopic (exact) mass is 333 g/mol. The van der Waals surface area contributed by atoms with Crippen LogP contribution in [0.2, 0.25) is 0 Å². The Kier molecular flexibility index (Phi) is 3.68. The van der Waals surface area contributed by atoms with Gasteiger partial charge in [-0.25, -0.2) is 0 Å². The van der Waals surface area contributed by atoms with E-state index in [-0.39, 0.29) is 12.1 Å². The van der Waals surface area contributed by atoms with Gasteiger partial charge in [0.25, 0.3) is 0 Å². The zero-order chi connectivity index (χ0) is 14.1. The molecule has 4 heteroatoms. The summed E-state index contributed by atoms with van der Waals surface area (Å²) in [5, 5.41) is 0. The highest BCUT2D eigenvalue weighted by Gasteiger charge is 2.28. The molecule has 3 nitrogen and oxygen atoms in total. The summed E-state index contributed by atoms with van der Waals surface area (Å²) >= 11 is 3.58. The lowest BCUT2D eigenvalue weighted by atomic mass is 9.93. The Morgan fingerprint density at radius 3 is 2.80 bits per heavy atom. The van der Waals surface area contributed by atoms with Gasteiger partial charge in [0.15, 0.2) is 0 Å². The molecule has 3 rings (SSSR count). The van der Waals surface area contributed by atoms with Gasteiger partial charge in [0, 0.05) is 28.1 Å². The fraction of sp³-hybridized carbons (Fsp3) is 0.250. The van der Waals surface area contributed by atoms with Crippen LogP contribution in [0.25, 0.3) is 0 Å². The molecule has 1 unspecified atom stereocenters. The van der Waals surface area contributed by atoms with Crippen LogP contribution in [0.15, 0.2) is 46.9 Å². The summed E-state index contributed by atoms with van der Waals surface area (Å²) < 4.78 is 12.4. The van der Waals surface area contributed by atoms with Gasteiger partial charge >= 0.3 is 0 Å². The largest absolute Gasteiger partial charge is 0.497 e. The van der Waals surface area contributed by atoms with E-state index in [4.69, 9.17) is 15.2 Å². The predicted molar refractivity (Wildman–Crippen MR) is 82.1 cm³/mol. The molecule has 1 aliphatic rings. The molecule has 2 aromatic carbocycles. The quantitative estimate of drug-likeness (QED) is 0.903. The van der Waals surface area contributed by atoms with Crippen molar-refractivity contribution < 1.29 is 9.47 Å². The van der Waals surface area contributed by atoms with Gasteiger partial charge in [0.1, 0.15) is 17.6 Å². The molecule has 2 aromatic rings. The Balaban J connectivity index is 1.97. The first kappa shape index (κ1) is 13.5. The van der Waals surface area contributed by atoms with Crippen LogP contribution in [0.1, 0.15) is 29.7 Å². The molecule has 2 N–H and O–H groups in total. The van der Waals surface area contributed by atoms with Gasteiger partial charge in [-0.1, -0.05) is 34.1 Å². The minimum atomic E-state index is -0.0654. The third kappa shape index (κ3) is 2.41. The number of para-hydroxylation sites is 1. The molecule has 0 radical (unpaired) electrons. The van der Waals surface area contributed by atoms with E-state index in [0.29, 0.717) is 0 Å². The van der Waals surface area contributed by atoms with Gasteiger partial charge in [-0.3, -0.25) is 0 Å². The number of ether oxygens (including phenoxy) is 2. The van der Waals surface area contributed by atoms with E-state index in [9.17, 15) is 0 Å². The van der Waals surface area contributed by atoms with Crippen molar-refractivity contribution in [1.29, 1.82) is 0 Å². The highest BCUT2D eigenvalue weighted by atomic mass is 79.9. The average Bonchev–Trinajstić information content (AvgIpc) is 2.48. The van der Waals surface area contributed by atoms with Crippen molar-refractivity contribution in [2.75, 3.05) is 7.11 Å². The number of methoxy groups -OCH3 is 1. The fourth-order valence-electron chi connectivity index (χ4n) is 2.54. The Labute approximate surface area is 126 Å². The summed E-state index contributed by atoms with van der Waals surface area (Å²) in [4.78, 5) is 0. The van der Waals surface area contributed by atoms with Gasteiger partial charge in [-0.15, -0.1) is 0 Å². The molecule has 0 spiro atoms. The van der Waals surface area contributed by atoms with Crippen LogP contribution >= 0.6 is 15.9 Å². The zero-order valence-electron chi connectivity index (χ0n) is 11.2. The number of nitrogens with two attached hydrogens (primary N) is 1. The maximum atomic E-state index is 6.27. The summed E-state index contributed by atoms with van der Waals surface area (Å²) in [5.41, 5.74) is 8.40. The van der Waals surface area contributed by atoms with Crippen LogP contribution in [-0.2, 0) is 0 Å². The molecular weight excluding hydrogens is 318 g/mol. The molecule has 0 saturated carbocycles. The first-order valence-electron chi connectivity index (χ1n) is 6.53. The second-order valence-electron chi connectivity index (χ2n) is 4.87. The lowest BCUT2D eigenvalue weighted by Crippen LogP contribution is -2.24. The van der Waals surface area contributed by atoms with E-state index in [0.717, 1.165) is 33.5 Å². The van der Waals surface area contributed by atoms with Crippen LogP contribution in [0.5, 0.6) is 11.5 Å². The van der Waals surface area contributed by atoms with Crippen LogP contribution < -0.4 is 15.2 Å². The second kappa shape index (κ2) is 5.46. The van der Waals surface area contributed by atoms with E-state index >= 15 is 0 Å². The third-order valence-corrected chi connectivity index (χ3v) is 4.33. The van der Waals surface area contributed by atoms with E-state index in [1.54, 1.807) is 7.11 Å². The molecule has 104 valence electrons. The highest BCUT2D eigenvalue weighted by molar-refractivity contribution is 9.10. The number of halogens is 1. The topological polar surface area (TPSA) is 44.5 Å².